The third-order valence-electron chi connectivity index (χ3n) is 4.40. The van der Waals surface area contributed by atoms with E-state index in [1.807, 2.05) is 26.2 Å². The van der Waals surface area contributed by atoms with Crippen LogP contribution in [0.1, 0.15) is 18.4 Å². The quantitative estimate of drug-likeness (QED) is 0.834. The van der Waals surface area contributed by atoms with Crippen LogP contribution in [-0.2, 0) is 6.54 Å². The topological polar surface area (TPSA) is 55.8 Å². The van der Waals surface area contributed by atoms with Gasteiger partial charge in [0.1, 0.15) is 0 Å². The number of rotatable bonds is 5. The number of aliphatic hydroxyl groups is 1. The predicted octanol–water partition coefficient (Wildman–Crippen LogP) is 2.84. The maximum Gasteiger partial charge on any atom is 0.317 e. The van der Waals surface area contributed by atoms with Gasteiger partial charge >= 0.3 is 6.03 Å². The zero-order valence-electron chi connectivity index (χ0n) is 14.2. The van der Waals surface area contributed by atoms with E-state index in [2.05, 4.69) is 10.2 Å². The first-order valence-corrected chi connectivity index (χ1v) is 8.84. The summed E-state index contributed by atoms with van der Waals surface area (Å²) in [6, 6.07) is 5.23. The fraction of sp³-hybridized carbons (Fsp3) is 0.588. The molecule has 1 aromatic carbocycles. The summed E-state index contributed by atoms with van der Waals surface area (Å²) in [6.07, 6.45) is 1.81. The summed E-state index contributed by atoms with van der Waals surface area (Å²) in [4.78, 5) is 16.3. The Hall–Kier alpha value is -1.01. The van der Waals surface area contributed by atoms with Crippen LogP contribution in [0.3, 0.4) is 0 Å². The van der Waals surface area contributed by atoms with Crippen molar-refractivity contribution >= 4 is 29.2 Å². The van der Waals surface area contributed by atoms with Crippen molar-refractivity contribution in [2.75, 3.05) is 40.3 Å². The Balaban J connectivity index is 1.97. The van der Waals surface area contributed by atoms with Crippen molar-refractivity contribution in [3.63, 3.8) is 0 Å². The molecule has 1 unspecified atom stereocenters. The maximum absolute atomic E-state index is 12.5. The molecule has 1 aliphatic rings. The van der Waals surface area contributed by atoms with E-state index in [0.717, 1.165) is 24.9 Å². The lowest BCUT2D eigenvalue weighted by Gasteiger charge is -2.43. The second-order valence-electron chi connectivity index (χ2n) is 6.79. The summed E-state index contributed by atoms with van der Waals surface area (Å²) >= 11 is 12.1. The van der Waals surface area contributed by atoms with Gasteiger partial charge < -0.3 is 20.2 Å². The lowest BCUT2D eigenvalue weighted by Crippen LogP contribution is -2.54. The van der Waals surface area contributed by atoms with Crippen molar-refractivity contribution in [1.29, 1.82) is 0 Å². The summed E-state index contributed by atoms with van der Waals surface area (Å²) in [5.74, 6) is 0. The van der Waals surface area contributed by atoms with Crippen molar-refractivity contribution in [3.05, 3.63) is 33.8 Å². The highest BCUT2D eigenvalue weighted by Crippen LogP contribution is 2.30. The van der Waals surface area contributed by atoms with Crippen molar-refractivity contribution in [2.45, 2.75) is 19.4 Å². The van der Waals surface area contributed by atoms with Gasteiger partial charge in [0.2, 0.25) is 0 Å². The Bertz CT molecular complexity index is 583. The van der Waals surface area contributed by atoms with Gasteiger partial charge in [-0.05, 0) is 38.6 Å². The lowest BCUT2D eigenvalue weighted by molar-refractivity contribution is 0.0271. The van der Waals surface area contributed by atoms with Crippen LogP contribution in [0.2, 0.25) is 10.0 Å². The molecular formula is C17H25Cl2N3O2. The van der Waals surface area contributed by atoms with Gasteiger partial charge in [0.05, 0.1) is 16.7 Å². The zero-order valence-corrected chi connectivity index (χ0v) is 15.7. The molecule has 1 atom stereocenters. The molecule has 1 heterocycles. The van der Waals surface area contributed by atoms with Crippen molar-refractivity contribution in [2.24, 2.45) is 5.41 Å². The molecule has 0 radical (unpaired) electrons. The Labute approximate surface area is 153 Å². The largest absolute Gasteiger partial charge is 0.396 e. The molecule has 5 nitrogen and oxygen atoms in total. The van der Waals surface area contributed by atoms with Crippen LogP contribution in [-0.4, -0.2) is 61.3 Å². The van der Waals surface area contributed by atoms with Crippen LogP contribution in [0.15, 0.2) is 18.2 Å². The first kappa shape index (κ1) is 19.3. The number of nitrogens with one attached hydrogen (secondary N) is 1. The van der Waals surface area contributed by atoms with Crippen LogP contribution >= 0.6 is 23.2 Å². The van der Waals surface area contributed by atoms with E-state index in [9.17, 15) is 9.90 Å². The molecule has 2 rings (SSSR count). The summed E-state index contributed by atoms with van der Waals surface area (Å²) in [5.41, 5.74) is 0.531. The normalized spacial score (nSPS) is 21.2. The monoisotopic (exact) mass is 373 g/mol. The predicted molar refractivity (Wildman–Crippen MR) is 97.6 cm³/mol. The summed E-state index contributed by atoms with van der Waals surface area (Å²) in [5, 5.41) is 13.7. The van der Waals surface area contributed by atoms with Crippen LogP contribution in [0, 0.1) is 5.41 Å². The Kier molecular flexibility index (Phi) is 6.75. The SMILES string of the molecule is CN(C)CC1(CO)CCCN(C(=O)NCc2cccc(Cl)c2Cl)C1. The van der Waals surface area contributed by atoms with E-state index in [-0.39, 0.29) is 18.1 Å². The third kappa shape index (κ3) is 4.76. The third-order valence-corrected chi connectivity index (χ3v) is 5.26. The molecule has 24 heavy (non-hydrogen) atoms. The standard InChI is InChI=1S/C17H25Cl2N3O2/c1-21(2)10-17(12-23)7-4-8-22(11-17)16(24)20-9-13-5-3-6-14(18)15(13)19/h3,5-6,23H,4,7-12H2,1-2H3,(H,20,24). The summed E-state index contributed by atoms with van der Waals surface area (Å²) < 4.78 is 0. The number of halogens is 2. The highest BCUT2D eigenvalue weighted by molar-refractivity contribution is 6.42. The maximum atomic E-state index is 12.5. The number of hydrogen-bond donors (Lipinski definition) is 2. The first-order chi connectivity index (χ1) is 11.4. The minimum Gasteiger partial charge on any atom is -0.396 e. The fourth-order valence-electron chi connectivity index (χ4n) is 3.33. The molecule has 0 spiro atoms. The van der Waals surface area contributed by atoms with Gasteiger partial charge in [-0.15, -0.1) is 0 Å². The molecule has 0 aromatic heterocycles. The van der Waals surface area contributed by atoms with Crippen LogP contribution in [0.5, 0.6) is 0 Å². The van der Waals surface area contributed by atoms with E-state index in [4.69, 9.17) is 23.2 Å². The number of nitrogens with zero attached hydrogens (tertiary/aromatic N) is 2. The van der Waals surface area contributed by atoms with E-state index in [0.29, 0.717) is 29.7 Å². The van der Waals surface area contributed by atoms with Crippen molar-refractivity contribution in [1.82, 2.24) is 15.1 Å². The van der Waals surface area contributed by atoms with E-state index in [1.165, 1.54) is 0 Å². The number of amides is 2. The van der Waals surface area contributed by atoms with Crippen LogP contribution in [0.4, 0.5) is 4.79 Å². The molecule has 2 N–H and O–H groups in total. The molecule has 0 bridgehead atoms. The second kappa shape index (κ2) is 8.39. The molecule has 0 saturated carbocycles. The first-order valence-electron chi connectivity index (χ1n) is 8.08. The number of piperidine rings is 1. The molecule has 1 aromatic rings. The number of urea groups is 1. The average Bonchev–Trinajstić information content (AvgIpc) is 2.55. The van der Waals surface area contributed by atoms with Gasteiger partial charge in [-0.25, -0.2) is 4.79 Å². The minimum absolute atomic E-state index is 0.0785. The molecule has 2 amide bonds. The van der Waals surface area contributed by atoms with Gasteiger partial charge in [0.15, 0.2) is 0 Å². The lowest BCUT2D eigenvalue weighted by atomic mass is 9.80. The number of hydrogen-bond acceptors (Lipinski definition) is 3. The minimum atomic E-state index is -0.257. The number of benzene rings is 1. The molecular weight excluding hydrogens is 349 g/mol. The van der Waals surface area contributed by atoms with E-state index < -0.39 is 0 Å². The number of carbonyl (C=O) groups excluding carboxylic acids is 1. The molecule has 134 valence electrons. The van der Waals surface area contributed by atoms with Gasteiger partial charge in [-0.1, -0.05) is 35.3 Å². The molecule has 7 heteroatoms. The number of likely N-dealkylation sites (tertiary alicyclic amines) is 1. The molecule has 1 fully saturated rings. The summed E-state index contributed by atoms with van der Waals surface area (Å²) in [6.45, 7) is 2.41. The second-order valence-corrected chi connectivity index (χ2v) is 7.58. The molecule has 1 aliphatic heterocycles. The fourth-order valence-corrected chi connectivity index (χ4v) is 3.71. The van der Waals surface area contributed by atoms with Crippen LogP contribution in [0.25, 0.3) is 0 Å². The van der Waals surface area contributed by atoms with Gasteiger partial charge in [-0.3, -0.25) is 0 Å². The summed E-state index contributed by atoms with van der Waals surface area (Å²) in [7, 11) is 3.97. The molecule has 0 aliphatic carbocycles. The Morgan fingerprint density at radius 3 is 2.83 bits per heavy atom. The van der Waals surface area contributed by atoms with Gasteiger partial charge in [0.25, 0.3) is 0 Å². The van der Waals surface area contributed by atoms with Crippen molar-refractivity contribution < 1.29 is 9.90 Å². The Morgan fingerprint density at radius 2 is 2.17 bits per heavy atom. The Morgan fingerprint density at radius 1 is 1.42 bits per heavy atom. The average molecular weight is 374 g/mol. The number of carbonyl (C=O) groups is 1. The molecule has 1 saturated heterocycles. The highest BCUT2D eigenvalue weighted by atomic mass is 35.5. The van der Waals surface area contributed by atoms with Gasteiger partial charge in [0, 0.05) is 31.6 Å². The van der Waals surface area contributed by atoms with Gasteiger partial charge in [-0.2, -0.15) is 0 Å². The van der Waals surface area contributed by atoms with Crippen LogP contribution < -0.4 is 5.32 Å². The highest BCUT2D eigenvalue weighted by Gasteiger charge is 2.37. The number of aliphatic hydroxyl groups excluding tert-OH is 1. The smallest absolute Gasteiger partial charge is 0.317 e. The zero-order chi connectivity index (χ0) is 17.7. The van der Waals surface area contributed by atoms with Crippen molar-refractivity contribution in [3.8, 4) is 0 Å². The van der Waals surface area contributed by atoms with E-state index in [1.54, 1.807) is 11.0 Å². The van der Waals surface area contributed by atoms with E-state index >= 15 is 0 Å².